The molecule has 2 aromatic rings. The molecule has 0 aromatic heterocycles. The van der Waals surface area contributed by atoms with Gasteiger partial charge in [0.15, 0.2) is 0 Å². The second kappa shape index (κ2) is 11.8. The van der Waals surface area contributed by atoms with Crippen molar-refractivity contribution in [2.75, 3.05) is 32.1 Å². The van der Waals surface area contributed by atoms with Crippen LogP contribution >= 0.6 is 0 Å². The summed E-state index contributed by atoms with van der Waals surface area (Å²) in [4.78, 5) is 24.0. The fourth-order valence-electron chi connectivity index (χ4n) is 2.56. The Balaban J connectivity index is 1.72. The fourth-order valence-corrected chi connectivity index (χ4v) is 2.56. The lowest BCUT2D eigenvalue weighted by molar-refractivity contribution is -0.115. The standard InChI is InChI=1S/C22H29N3O4/c1-16(2)29-20-10-4-17(5-11-20)14-23-15-21(26)25-19-8-6-18(7-9-19)22(27)24-12-13-28-3/h4-11,16,23H,12-15H2,1-3H3,(H,24,27)(H,25,26). The Kier molecular flexibility index (Phi) is 9.14. The highest BCUT2D eigenvalue weighted by Crippen LogP contribution is 2.13. The molecule has 0 radical (unpaired) electrons. The van der Waals surface area contributed by atoms with Crippen LogP contribution in [0.5, 0.6) is 5.75 Å². The normalized spacial score (nSPS) is 10.6. The lowest BCUT2D eigenvalue weighted by atomic mass is 10.2. The first-order chi connectivity index (χ1) is 14.0. The van der Waals surface area contributed by atoms with E-state index in [4.69, 9.17) is 9.47 Å². The quantitative estimate of drug-likeness (QED) is 0.506. The Bertz CT molecular complexity index is 774. The Labute approximate surface area is 171 Å². The Hall–Kier alpha value is -2.90. The number of carbonyl (C=O) groups excluding carboxylic acids is 2. The van der Waals surface area contributed by atoms with E-state index in [2.05, 4.69) is 16.0 Å². The molecule has 2 rings (SSSR count). The van der Waals surface area contributed by atoms with E-state index in [1.807, 2.05) is 38.1 Å². The molecule has 7 nitrogen and oxygen atoms in total. The highest BCUT2D eigenvalue weighted by molar-refractivity contribution is 5.96. The molecule has 2 aromatic carbocycles. The first kappa shape index (κ1) is 22.4. The minimum absolute atomic E-state index is 0.141. The van der Waals surface area contributed by atoms with Gasteiger partial charge in [-0.05, 0) is 55.8 Å². The van der Waals surface area contributed by atoms with Crippen molar-refractivity contribution in [2.45, 2.75) is 26.5 Å². The smallest absolute Gasteiger partial charge is 0.251 e. The van der Waals surface area contributed by atoms with E-state index in [0.717, 1.165) is 11.3 Å². The lowest BCUT2D eigenvalue weighted by Crippen LogP contribution is -2.28. The monoisotopic (exact) mass is 399 g/mol. The molecule has 7 heteroatoms. The molecule has 0 aliphatic carbocycles. The summed E-state index contributed by atoms with van der Waals surface area (Å²) in [5, 5.41) is 8.66. The van der Waals surface area contributed by atoms with Crippen molar-refractivity contribution in [1.29, 1.82) is 0 Å². The summed E-state index contributed by atoms with van der Waals surface area (Å²) in [6, 6.07) is 14.5. The summed E-state index contributed by atoms with van der Waals surface area (Å²) >= 11 is 0. The molecule has 2 amide bonds. The average molecular weight is 399 g/mol. The minimum Gasteiger partial charge on any atom is -0.491 e. The van der Waals surface area contributed by atoms with Crippen LogP contribution in [-0.4, -0.2) is 44.7 Å². The van der Waals surface area contributed by atoms with Gasteiger partial charge in [0, 0.05) is 31.5 Å². The molecule has 3 N–H and O–H groups in total. The van der Waals surface area contributed by atoms with Crippen LogP contribution in [-0.2, 0) is 16.1 Å². The maximum atomic E-state index is 12.1. The predicted molar refractivity (Wildman–Crippen MR) is 113 cm³/mol. The van der Waals surface area contributed by atoms with Gasteiger partial charge in [-0.3, -0.25) is 9.59 Å². The summed E-state index contributed by atoms with van der Waals surface area (Å²) in [5.74, 6) is 0.505. The van der Waals surface area contributed by atoms with Crippen molar-refractivity contribution in [3.05, 3.63) is 59.7 Å². The topological polar surface area (TPSA) is 88.7 Å². The fraction of sp³-hybridized carbons (Fsp3) is 0.364. The zero-order valence-electron chi connectivity index (χ0n) is 17.2. The van der Waals surface area contributed by atoms with E-state index in [9.17, 15) is 9.59 Å². The van der Waals surface area contributed by atoms with Gasteiger partial charge in [0.25, 0.3) is 5.91 Å². The molecule has 0 aliphatic rings. The lowest BCUT2D eigenvalue weighted by Gasteiger charge is -2.11. The van der Waals surface area contributed by atoms with Crippen molar-refractivity contribution in [3.8, 4) is 5.75 Å². The summed E-state index contributed by atoms with van der Waals surface area (Å²) in [6.45, 7) is 5.65. The molecule has 156 valence electrons. The largest absolute Gasteiger partial charge is 0.491 e. The van der Waals surface area contributed by atoms with E-state index in [0.29, 0.717) is 30.9 Å². The third kappa shape index (κ3) is 8.33. The second-order valence-electron chi connectivity index (χ2n) is 6.79. The first-order valence-electron chi connectivity index (χ1n) is 9.61. The van der Waals surface area contributed by atoms with Crippen LogP contribution in [0.15, 0.2) is 48.5 Å². The number of anilines is 1. The van der Waals surface area contributed by atoms with Gasteiger partial charge in [0.05, 0.1) is 19.3 Å². The highest BCUT2D eigenvalue weighted by atomic mass is 16.5. The van der Waals surface area contributed by atoms with Crippen molar-refractivity contribution in [2.24, 2.45) is 0 Å². The van der Waals surface area contributed by atoms with Gasteiger partial charge in [-0.2, -0.15) is 0 Å². The molecule has 0 fully saturated rings. The van der Waals surface area contributed by atoms with E-state index >= 15 is 0 Å². The van der Waals surface area contributed by atoms with E-state index < -0.39 is 0 Å². The Morgan fingerprint density at radius 1 is 1.00 bits per heavy atom. The minimum atomic E-state index is -0.175. The van der Waals surface area contributed by atoms with Gasteiger partial charge >= 0.3 is 0 Å². The van der Waals surface area contributed by atoms with Crippen LogP contribution in [0.3, 0.4) is 0 Å². The SMILES string of the molecule is COCCNC(=O)c1ccc(NC(=O)CNCc2ccc(OC(C)C)cc2)cc1. The number of carbonyl (C=O) groups is 2. The summed E-state index contributed by atoms with van der Waals surface area (Å²) in [5.41, 5.74) is 2.24. The van der Waals surface area contributed by atoms with Crippen LogP contribution in [0.1, 0.15) is 29.8 Å². The van der Waals surface area contributed by atoms with Crippen LogP contribution < -0.4 is 20.7 Å². The molecule has 0 heterocycles. The van der Waals surface area contributed by atoms with Gasteiger partial charge in [-0.15, -0.1) is 0 Å². The summed E-state index contributed by atoms with van der Waals surface area (Å²) in [6.07, 6.45) is 0.141. The van der Waals surface area contributed by atoms with E-state index in [-0.39, 0.29) is 24.5 Å². The molecule has 0 saturated heterocycles. The number of ether oxygens (including phenoxy) is 2. The second-order valence-corrected chi connectivity index (χ2v) is 6.79. The molecular weight excluding hydrogens is 370 g/mol. The van der Waals surface area contributed by atoms with Crippen molar-refractivity contribution in [3.63, 3.8) is 0 Å². The van der Waals surface area contributed by atoms with E-state index in [1.165, 1.54) is 0 Å². The zero-order valence-corrected chi connectivity index (χ0v) is 17.2. The van der Waals surface area contributed by atoms with Gasteiger partial charge in [-0.1, -0.05) is 12.1 Å². The van der Waals surface area contributed by atoms with Crippen LogP contribution in [0.25, 0.3) is 0 Å². The number of benzene rings is 2. The molecule has 0 saturated carbocycles. The summed E-state index contributed by atoms with van der Waals surface area (Å²) in [7, 11) is 1.58. The predicted octanol–water partition coefficient (Wildman–Crippen LogP) is 2.58. The maximum Gasteiger partial charge on any atom is 0.251 e. The van der Waals surface area contributed by atoms with Gasteiger partial charge in [0.1, 0.15) is 5.75 Å². The van der Waals surface area contributed by atoms with Gasteiger partial charge < -0.3 is 25.4 Å². The molecule has 0 atom stereocenters. The average Bonchev–Trinajstić information content (AvgIpc) is 2.69. The van der Waals surface area contributed by atoms with Crippen LogP contribution in [0, 0.1) is 0 Å². The number of hydrogen-bond acceptors (Lipinski definition) is 5. The number of nitrogens with one attached hydrogen (secondary N) is 3. The maximum absolute atomic E-state index is 12.1. The molecule has 0 unspecified atom stereocenters. The Morgan fingerprint density at radius 2 is 1.69 bits per heavy atom. The number of amides is 2. The van der Waals surface area contributed by atoms with E-state index in [1.54, 1.807) is 31.4 Å². The molecular formula is C22H29N3O4. The van der Waals surface area contributed by atoms with Gasteiger partial charge in [0.2, 0.25) is 5.91 Å². The molecule has 0 aliphatic heterocycles. The number of rotatable bonds is 11. The third-order valence-corrected chi connectivity index (χ3v) is 3.93. The van der Waals surface area contributed by atoms with Crippen LogP contribution in [0.2, 0.25) is 0 Å². The zero-order chi connectivity index (χ0) is 21.1. The van der Waals surface area contributed by atoms with Crippen LogP contribution in [0.4, 0.5) is 5.69 Å². The van der Waals surface area contributed by atoms with Crippen molar-refractivity contribution >= 4 is 17.5 Å². The molecule has 0 bridgehead atoms. The highest BCUT2D eigenvalue weighted by Gasteiger charge is 2.06. The summed E-state index contributed by atoms with van der Waals surface area (Å²) < 4.78 is 10.5. The molecule has 0 spiro atoms. The third-order valence-electron chi connectivity index (χ3n) is 3.93. The number of hydrogen-bond donors (Lipinski definition) is 3. The first-order valence-corrected chi connectivity index (χ1v) is 9.61. The Morgan fingerprint density at radius 3 is 2.31 bits per heavy atom. The van der Waals surface area contributed by atoms with Crippen molar-refractivity contribution < 1.29 is 19.1 Å². The van der Waals surface area contributed by atoms with Crippen molar-refractivity contribution in [1.82, 2.24) is 10.6 Å². The molecule has 29 heavy (non-hydrogen) atoms. The van der Waals surface area contributed by atoms with Gasteiger partial charge in [-0.25, -0.2) is 0 Å². The number of methoxy groups -OCH3 is 1.